The zero-order valence-corrected chi connectivity index (χ0v) is 22.6. The van der Waals surface area contributed by atoms with Gasteiger partial charge in [0.25, 0.3) is 0 Å². The van der Waals surface area contributed by atoms with Crippen molar-refractivity contribution in [3.63, 3.8) is 0 Å². The van der Waals surface area contributed by atoms with Crippen molar-refractivity contribution in [3.05, 3.63) is 0 Å². The second-order valence-corrected chi connectivity index (χ2v) is 6.96. The van der Waals surface area contributed by atoms with Gasteiger partial charge in [0, 0.05) is 41.7 Å². The Morgan fingerprint density at radius 3 is 0.686 bits per heavy atom. The predicted octanol–water partition coefficient (Wildman–Crippen LogP) is 1.45. The Hall–Kier alpha value is -0.440. The first-order valence-corrected chi connectivity index (χ1v) is 12.3. The van der Waals surface area contributed by atoms with Gasteiger partial charge in [-0.2, -0.15) is 0 Å². The van der Waals surface area contributed by atoms with Crippen LogP contribution < -0.4 is 0 Å². The Bertz CT molecular complexity index is 277. The zero-order valence-electron chi connectivity index (χ0n) is 22.6. The fraction of sp³-hybridized carbons (Fsp3) is 1.00. The Kier molecular flexibility index (Phi) is 40.0. The molecule has 1 saturated heterocycles. The molecule has 0 aromatic carbocycles. The maximum Gasteiger partial charge on any atom is 0.0701 e. The topological polar surface area (TPSA) is 102 Å². The van der Waals surface area contributed by atoms with Crippen molar-refractivity contribution >= 4 is 0 Å². The summed E-state index contributed by atoms with van der Waals surface area (Å²) in [6.45, 7) is 11.7. The Balaban J connectivity index is 0. The third-order valence-corrected chi connectivity index (χ3v) is 4.04. The van der Waals surface area contributed by atoms with Crippen LogP contribution in [0.25, 0.3) is 0 Å². The minimum Gasteiger partial charge on any atom is -0.382 e. The summed E-state index contributed by atoms with van der Waals surface area (Å²) >= 11 is 0. The zero-order chi connectivity index (χ0) is 25.9. The summed E-state index contributed by atoms with van der Waals surface area (Å²) in [5.74, 6) is 0. The SMILES string of the molecule is C1CCOC1.COCCOCCOCCOCCOC.COCCOCCOCCOCCOC. The lowest BCUT2D eigenvalue weighted by molar-refractivity contribution is -0.00380. The number of rotatable bonds is 24. The van der Waals surface area contributed by atoms with E-state index in [0.717, 1.165) is 13.2 Å². The first kappa shape index (κ1) is 36.7. The molecule has 0 N–H and O–H groups in total. The van der Waals surface area contributed by atoms with Crippen molar-refractivity contribution in [2.75, 3.05) is 147 Å². The van der Waals surface area contributed by atoms with E-state index in [1.165, 1.54) is 12.8 Å². The fourth-order valence-electron chi connectivity index (χ4n) is 2.16. The average Bonchev–Trinajstić information content (AvgIpc) is 3.47. The molecule has 0 aromatic rings. The first-order valence-electron chi connectivity index (χ1n) is 12.3. The second-order valence-electron chi connectivity index (χ2n) is 6.96. The van der Waals surface area contributed by atoms with E-state index < -0.39 is 0 Å². The van der Waals surface area contributed by atoms with Crippen molar-refractivity contribution in [3.8, 4) is 0 Å². The van der Waals surface area contributed by atoms with Crippen molar-refractivity contribution in [1.82, 2.24) is 0 Å². The van der Waals surface area contributed by atoms with E-state index in [2.05, 4.69) is 0 Å². The van der Waals surface area contributed by atoms with E-state index >= 15 is 0 Å². The molecule has 0 unspecified atom stereocenters. The molecular formula is C24H52O11. The lowest BCUT2D eigenvalue weighted by Crippen LogP contribution is -2.12. The molecule has 35 heavy (non-hydrogen) atoms. The van der Waals surface area contributed by atoms with Gasteiger partial charge in [0.15, 0.2) is 0 Å². The maximum absolute atomic E-state index is 5.26. The van der Waals surface area contributed by atoms with Gasteiger partial charge in [0.1, 0.15) is 0 Å². The molecule has 1 rings (SSSR count). The summed E-state index contributed by atoms with van der Waals surface area (Å²) in [7, 11) is 6.60. The molecular weight excluding hydrogens is 464 g/mol. The minimum absolute atomic E-state index is 0.595. The normalized spacial score (nSPS) is 12.7. The lowest BCUT2D eigenvalue weighted by Gasteiger charge is -2.06. The van der Waals surface area contributed by atoms with E-state index in [-0.39, 0.29) is 0 Å². The Morgan fingerprint density at radius 2 is 0.543 bits per heavy atom. The Labute approximate surface area is 212 Å². The third kappa shape index (κ3) is 41.0. The molecule has 0 bridgehead atoms. The smallest absolute Gasteiger partial charge is 0.0701 e. The van der Waals surface area contributed by atoms with Gasteiger partial charge >= 0.3 is 0 Å². The van der Waals surface area contributed by atoms with Gasteiger partial charge in [-0.3, -0.25) is 0 Å². The van der Waals surface area contributed by atoms with E-state index in [4.69, 9.17) is 52.1 Å². The molecule has 11 nitrogen and oxygen atoms in total. The van der Waals surface area contributed by atoms with E-state index in [1.54, 1.807) is 28.4 Å². The third-order valence-electron chi connectivity index (χ3n) is 4.04. The monoisotopic (exact) mass is 516 g/mol. The molecule has 0 amide bonds. The minimum atomic E-state index is 0.595. The highest BCUT2D eigenvalue weighted by molar-refractivity contribution is 4.43. The largest absolute Gasteiger partial charge is 0.382 e. The summed E-state index contributed by atoms with van der Waals surface area (Å²) in [6.07, 6.45) is 2.56. The van der Waals surface area contributed by atoms with E-state index in [1.807, 2.05) is 0 Å². The summed E-state index contributed by atoms with van der Waals surface area (Å²) in [4.78, 5) is 0. The van der Waals surface area contributed by atoms with Crippen molar-refractivity contribution in [2.24, 2.45) is 0 Å². The van der Waals surface area contributed by atoms with Gasteiger partial charge in [0.05, 0.1) is 106 Å². The van der Waals surface area contributed by atoms with Crippen LogP contribution in [0.3, 0.4) is 0 Å². The van der Waals surface area contributed by atoms with Gasteiger partial charge in [-0.15, -0.1) is 0 Å². The van der Waals surface area contributed by atoms with Crippen LogP contribution in [-0.2, 0) is 52.1 Å². The van der Waals surface area contributed by atoms with Crippen LogP contribution in [0.1, 0.15) is 12.8 Å². The molecule has 0 aliphatic carbocycles. The summed E-state index contributed by atoms with van der Waals surface area (Å²) in [5, 5.41) is 0. The van der Waals surface area contributed by atoms with Gasteiger partial charge in [-0.25, -0.2) is 0 Å². The van der Waals surface area contributed by atoms with Crippen LogP contribution in [0, 0.1) is 0 Å². The van der Waals surface area contributed by atoms with Crippen LogP contribution in [0.15, 0.2) is 0 Å². The first-order chi connectivity index (χ1) is 17.3. The molecule has 1 fully saturated rings. The lowest BCUT2D eigenvalue weighted by atomic mass is 10.4. The van der Waals surface area contributed by atoms with Gasteiger partial charge in [-0.05, 0) is 12.8 Å². The highest BCUT2D eigenvalue weighted by Crippen LogP contribution is 1.98. The van der Waals surface area contributed by atoms with Gasteiger partial charge < -0.3 is 52.1 Å². The van der Waals surface area contributed by atoms with Gasteiger partial charge in [0.2, 0.25) is 0 Å². The number of methoxy groups -OCH3 is 4. The molecule has 0 radical (unpaired) electrons. The standard InChI is InChI=1S/2C10H22O5.C4H8O/c2*1-11-3-5-13-7-9-15-10-8-14-6-4-12-2;1-2-4-5-3-1/h2*3-10H2,1-2H3;1-4H2. The van der Waals surface area contributed by atoms with Crippen LogP contribution >= 0.6 is 0 Å². The van der Waals surface area contributed by atoms with Crippen LogP contribution in [0.5, 0.6) is 0 Å². The van der Waals surface area contributed by atoms with Crippen LogP contribution in [0.4, 0.5) is 0 Å². The number of hydrogen-bond donors (Lipinski definition) is 0. The van der Waals surface area contributed by atoms with Gasteiger partial charge in [-0.1, -0.05) is 0 Å². The molecule has 0 saturated carbocycles. The number of ether oxygens (including phenoxy) is 11. The van der Waals surface area contributed by atoms with E-state index in [0.29, 0.717) is 106 Å². The average molecular weight is 517 g/mol. The van der Waals surface area contributed by atoms with Crippen LogP contribution in [-0.4, -0.2) is 147 Å². The quantitative estimate of drug-likeness (QED) is 0.174. The summed E-state index contributed by atoms with van der Waals surface area (Å²) < 4.78 is 55.6. The predicted molar refractivity (Wildman–Crippen MR) is 132 cm³/mol. The molecule has 1 aliphatic rings. The molecule has 1 aliphatic heterocycles. The maximum atomic E-state index is 5.26. The van der Waals surface area contributed by atoms with Crippen molar-refractivity contribution in [1.29, 1.82) is 0 Å². The number of hydrogen-bond acceptors (Lipinski definition) is 11. The van der Waals surface area contributed by atoms with Crippen molar-refractivity contribution in [2.45, 2.75) is 12.8 Å². The molecule has 11 heteroatoms. The van der Waals surface area contributed by atoms with Crippen molar-refractivity contribution < 1.29 is 52.1 Å². The molecule has 0 atom stereocenters. The highest BCUT2D eigenvalue weighted by atomic mass is 16.6. The molecule has 1 heterocycles. The second kappa shape index (κ2) is 38.1. The summed E-state index contributed by atoms with van der Waals surface area (Å²) in [5.41, 5.74) is 0. The fourth-order valence-corrected chi connectivity index (χ4v) is 2.16. The molecule has 0 aromatic heterocycles. The summed E-state index contributed by atoms with van der Waals surface area (Å²) in [6, 6.07) is 0. The van der Waals surface area contributed by atoms with E-state index in [9.17, 15) is 0 Å². The van der Waals surface area contributed by atoms with Crippen LogP contribution in [0.2, 0.25) is 0 Å². The Morgan fingerprint density at radius 1 is 0.343 bits per heavy atom. The molecule has 0 spiro atoms. The highest BCUT2D eigenvalue weighted by Gasteiger charge is 1.95. The molecule has 214 valence electrons.